The highest BCUT2D eigenvalue weighted by molar-refractivity contribution is 7.09. The zero-order valence-electron chi connectivity index (χ0n) is 12.5. The first-order valence-corrected chi connectivity index (χ1v) is 7.88. The van der Waals surface area contributed by atoms with Crippen LogP contribution in [0.3, 0.4) is 0 Å². The first kappa shape index (κ1) is 14.9. The van der Waals surface area contributed by atoms with Gasteiger partial charge >= 0.3 is 0 Å². The van der Waals surface area contributed by atoms with E-state index in [1.807, 2.05) is 19.0 Å². The van der Waals surface area contributed by atoms with E-state index >= 15 is 0 Å². The fraction of sp³-hybridized carbons (Fsp3) is 0.538. The molecular weight excluding hydrogens is 302 g/mol. The van der Waals surface area contributed by atoms with Gasteiger partial charge < -0.3 is 20.2 Å². The third-order valence-corrected chi connectivity index (χ3v) is 4.30. The van der Waals surface area contributed by atoms with Crippen molar-refractivity contribution in [2.75, 3.05) is 42.3 Å². The molecule has 0 aliphatic carbocycles. The Bertz CT molecular complexity index is 605. The molecular formula is C13H19N7OS. The summed E-state index contributed by atoms with van der Waals surface area (Å²) in [5.74, 6) is 1.25. The summed E-state index contributed by atoms with van der Waals surface area (Å²) in [6.45, 7) is 1.33. The molecule has 2 atom stereocenters. The van der Waals surface area contributed by atoms with Gasteiger partial charge in [-0.3, -0.25) is 0 Å². The van der Waals surface area contributed by atoms with Crippen molar-refractivity contribution in [2.24, 2.45) is 0 Å². The molecule has 1 aliphatic heterocycles. The maximum absolute atomic E-state index is 10.4. The van der Waals surface area contributed by atoms with Gasteiger partial charge in [0.05, 0.1) is 12.1 Å². The minimum Gasteiger partial charge on any atom is -0.389 e. The predicted octanol–water partition coefficient (Wildman–Crippen LogP) is 0.446. The van der Waals surface area contributed by atoms with E-state index in [0.29, 0.717) is 18.4 Å². The summed E-state index contributed by atoms with van der Waals surface area (Å²) < 4.78 is 4.30. The average Bonchev–Trinajstić information content (AvgIpc) is 3.00. The highest BCUT2D eigenvalue weighted by Gasteiger charge is 2.29. The Hall–Kier alpha value is -2.00. The maximum Gasteiger partial charge on any atom is 0.238 e. The number of rotatable bonds is 4. The summed E-state index contributed by atoms with van der Waals surface area (Å²) in [4.78, 5) is 16.7. The Morgan fingerprint density at radius 2 is 2.14 bits per heavy atom. The zero-order chi connectivity index (χ0) is 15.5. The van der Waals surface area contributed by atoms with Gasteiger partial charge in [0, 0.05) is 51.1 Å². The Morgan fingerprint density at radius 3 is 2.77 bits per heavy atom. The molecule has 0 bridgehead atoms. The van der Waals surface area contributed by atoms with E-state index in [2.05, 4.69) is 29.5 Å². The molecule has 3 rings (SSSR count). The van der Waals surface area contributed by atoms with E-state index in [1.54, 1.807) is 18.5 Å². The van der Waals surface area contributed by atoms with Crippen LogP contribution in [0.25, 0.3) is 0 Å². The van der Waals surface area contributed by atoms with E-state index in [-0.39, 0.29) is 6.04 Å². The summed E-state index contributed by atoms with van der Waals surface area (Å²) in [5, 5.41) is 14.4. The number of β-amino-alcohol motifs (C(OH)–C–C–N with tert-alkyl or cyclic N) is 1. The van der Waals surface area contributed by atoms with Gasteiger partial charge in [0.15, 0.2) is 0 Å². The normalized spacial score (nSPS) is 21.7. The molecule has 22 heavy (non-hydrogen) atoms. The summed E-state index contributed by atoms with van der Waals surface area (Å²) in [6, 6.07) is 1.71. The van der Waals surface area contributed by atoms with Crippen molar-refractivity contribution < 1.29 is 5.11 Å². The van der Waals surface area contributed by atoms with Crippen LogP contribution in [0.1, 0.15) is 6.42 Å². The largest absolute Gasteiger partial charge is 0.389 e. The second kappa shape index (κ2) is 6.41. The molecule has 2 N–H and O–H groups in total. The molecule has 8 nitrogen and oxygen atoms in total. The second-order valence-electron chi connectivity index (χ2n) is 5.40. The summed E-state index contributed by atoms with van der Waals surface area (Å²) in [6.07, 6.45) is 3.64. The SMILES string of the molecule is CN(C)c1nsc(N2CC[C@@H](Nc3ncccn3)[C@H](O)C2)n1. The molecule has 1 aliphatic rings. The molecule has 1 saturated heterocycles. The topological polar surface area (TPSA) is 90.3 Å². The van der Waals surface area contributed by atoms with E-state index < -0.39 is 6.10 Å². The van der Waals surface area contributed by atoms with Crippen LogP contribution < -0.4 is 15.1 Å². The van der Waals surface area contributed by atoms with Gasteiger partial charge in [-0.2, -0.15) is 9.36 Å². The van der Waals surface area contributed by atoms with Crippen LogP contribution in [0.4, 0.5) is 17.0 Å². The van der Waals surface area contributed by atoms with Gasteiger partial charge in [-0.15, -0.1) is 0 Å². The van der Waals surface area contributed by atoms with E-state index in [4.69, 9.17) is 0 Å². The van der Waals surface area contributed by atoms with Gasteiger partial charge in [-0.1, -0.05) is 0 Å². The van der Waals surface area contributed by atoms with E-state index in [0.717, 1.165) is 18.1 Å². The Labute approximate surface area is 133 Å². The third-order valence-electron chi connectivity index (χ3n) is 3.54. The Morgan fingerprint density at radius 1 is 1.36 bits per heavy atom. The number of anilines is 3. The smallest absolute Gasteiger partial charge is 0.238 e. The average molecular weight is 321 g/mol. The van der Waals surface area contributed by atoms with Crippen molar-refractivity contribution >= 4 is 28.6 Å². The molecule has 0 aromatic carbocycles. The molecule has 0 radical (unpaired) electrons. The van der Waals surface area contributed by atoms with Crippen molar-refractivity contribution in [1.82, 2.24) is 19.3 Å². The van der Waals surface area contributed by atoms with Gasteiger partial charge in [0.1, 0.15) is 0 Å². The van der Waals surface area contributed by atoms with Gasteiger partial charge in [-0.25, -0.2) is 9.97 Å². The first-order chi connectivity index (χ1) is 10.6. The fourth-order valence-corrected chi connectivity index (χ4v) is 3.10. The number of nitrogens with zero attached hydrogens (tertiary/aromatic N) is 6. The molecule has 0 unspecified atom stereocenters. The van der Waals surface area contributed by atoms with Crippen molar-refractivity contribution in [3.05, 3.63) is 18.5 Å². The van der Waals surface area contributed by atoms with Crippen LogP contribution in [-0.2, 0) is 0 Å². The molecule has 0 amide bonds. The van der Waals surface area contributed by atoms with Crippen LogP contribution in [0.5, 0.6) is 0 Å². The summed E-state index contributed by atoms with van der Waals surface area (Å²) >= 11 is 1.36. The molecule has 9 heteroatoms. The lowest BCUT2D eigenvalue weighted by Crippen LogP contribution is -2.50. The highest BCUT2D eigenvalue weighted by Crippen LogP contribution is 2.25. The highest BCUT2D eigenvalue weighted by atomic mass is 32.1. The van der Waals surface area contributed by atoms with Crippen LogP contribution in [0.2, 0.25) is 0 Å². The third kappa shape index (κ3) is 3.25. The van der Waals surface area contributed by atoms with Crippen LogP contribution in [0, 0.1) is 0 Å². The van der Waals surface area contributed by atoms with Crippen molar-refractivity contribution in [3.63, 3.8) is 0 Å². The molecule has 0 saturated carbocycles. The van der Waals surface area contributed by atoms with Crippen LogP contribution >= 0.6 is 11.5 Å². The van der Waals surface area contributed by atoms with E-state index in [9.17, 15) is 5.11 Å². The first-order valence-electron chi connectivity index (χ1n) is 7.11. The molecule has 1 fully saturated rings. The molecule has 0 spiro atoms. The number of nitrogens with one attached hydrogen (secondary N) is 1. The van der Waals surface area contributed by atoms with Crippen LogP contribution in [0.15, 0.2) is 18.5 Å². The Balaban J connectivity index is 1.62. The molecule has 3 heterocycles. The van der Waals surface area contributed by atoms with Gasteiger partial charge in [-0.05, 0) is 12.5 Å². The van der Waals surface area contributed by atoms with Crippen molar-refractivity contribution in [3.8, 4) is 0 Å². The standard InChI is InChI=1S/C13H19N7OS/c1-19(2)12-17-13(22-18-12)20-7-4-9(10(21)8-20)16-11-14-5-3-6-15-11/h3,5-6,9-10,21H,4,7-8H2,1-2H3,(H,14,15,16)/t9-,10-/m1/s1. The molecule has 2 aromatic rings. The number of aromatic nitrogens is 4. The molecule has 118 valence electrons. The fourth-order valence-electron chi connectivity index (χ4n) is 2.33. The lowest BCUT2D eigenvalue weighted by Gasteiger charge is -2.35. The van der Waals surface area contributed by atoms with Gasteiger partial charge in [0.25, 0.3) is 0 Å². The van der Waals surface area contributed by atoms with Gasteiger partial charge in [0.2, 0.25) is 17.0 Å². The number of piperidine rings is 1. The zero-order valence-corrected chi connectivity index (χ0v) is 13.4. The summed E-state index contributed by atoms with van der Waals surface area (Å²) in [7, 11) is 3.83. The second-order valence-corrected chi connectivity index (χ2v) is 6.13. The lowest BCUT2D eigenvalue weighted by molar-refractivity contribution is 0.139. The monoisotopic (exact) mass is 321 g/mol. The number of aliphatic hydroxyl groups excluding tert-OH is 1. The number of aliphatic hydroxyl groups is 1. The van der Waals surface area contributed by atoms with E-state index in [1.165, 1.54) is 11.5 Å². The number of hydrogen-bond donors (Lipinski definition) is 2. The predicted molar refractivity (Wildman–Crippen MR) is 86.5 cm³/mol. The quantitative estimate of drug-likeness (QED) is 0.839. The maximum atomic E-state index is 10.4. The van der Waals surface area contributed by atoms with Crippen molar-refractivity contribution in [1.29, 1.82) is 0 Å². The van der Waals surface area contributed by atoms with Crippen LogP contribution in [-0.4, -0.2) is 63.8 Å². The Kier molecular flexibility index (Phi) is 4.34. The lowest BCUT2D eigenvalue weighted by atomic mass is 10.0. The minimum absolute atomic E-state index is 0.0557. The molecule has 2 aromatic heterocycles. The number of hydrogen-bond acceptors (Lipinski definition) is 9. The minimum atomic E-state index is -0.510. The van der Waals surface area contributed by atoms with Crippen molar-refractivity contribution in [2.45, 2.75) is 18.6 Å². The summed E-state index contributed by atoms with van der Waals surface area (Å²) in [5.41, 5.74) is 0.